The zero-order chi connectivity index (χ0) is 8.97. The first-order chi connectivity index (χ1) is 5.74. The third-order valence-electron chi connectivity index (χ3n) is 1.11. The lowest BCUT2D eigenvalue weighted by Gasteiger charge is -1.94. The smallest absolute Gasteiger partial charge is 0.357 e. The number of aromatic nitrogens is 1. The third kappa shape index (κ3) is 1.96. The van der Waals surface area contributed by atoms with Crippen LogP contribution < -0.4 is 5.32 Å². The molecule has 12 heavy (non-hydrogen) atoms. The van der Waals surface area contributed by atoms with Crippen LogP contribution in [0.5, 0.6) is 0 Å². The van der Waals surface area contributed by atoms with Gasteiger partial charge in [0, 0.05) is 6.54 Å². The van der Waals surface area contributed by atoms with Crippen molar-refractivity contribution >= 4 is 12.0 Å². The van der Waals surface area contributed by atoms with Crippen molar-refractivity contribution in [2.45, 2.75) is 0 Å². The lowest BCUT2D eigenvalue weighted by atomic mass is 10.5. The van der Waals surface area contributed by atoms with Gasteiger partial charge in [0.15, 0.2) is 5.69 Å². The van der Waals surface area contributed by atoms with E-state index in [-0.39, 0.29) is 24.9 Å². The molecule has 0 atom stereocenters. The molecule has 0 aliphatic carbocycles. The van der Waals surface area contributed by atoms with E-state index in [9.17, 15) is 4.79 Å². The largest absolute Gasteiger partial charge is 0.476 e. The number of nitrogens with one attached hydrogen (secondary N) is 1. The van der Waals surface area contributed by atoms with Crippen LogP contribution in [0.4, 0.5) is 6.01 Å². The number of aromatic carboxylic acids is 1. The summed E-state index contributed by atoms with van der Waals surface area (Å²) in [5.41, 5.74) is -0.157. The van der Waals surface area contributed by atoms with Crippen LogP contribution in [0.2, 0.25) is 0 Å². The van der Waals surface area contributed by atoms with Crippen molar-refractivity contribution in [3.63, 3.8) is 0 Å². The van der Waals surface area contributed by atoms with E-state index in [1.54, 1.807) is 0 Å². The minimum absolute atomic E-state index is 0.0647. The van der Waals surface area contributed by atoms with Gasteiger partial charge in [-0.2, -0.15) is 4.98 Å². The van der Waals surface area contributed by atoms with Gasteiger partial charge >= 0.3 is 5.97 Å². The van der Waals surface area contributed by atoms with Gasteiger partial charge in [-0.05, 0) is 0 Å². The molecule has 0 radical (unpaired) electrons. The number of carboxylic acid groups (broad SMARTS) is 1. The first kappa shape index (κ1) is 8.54. The molecule has 0 aromatic carbocycles. The Hall–Kier alpha value is -1.56. The molecular formula is C6H8N2O4. The van der Waals surface area contributed by atoms with Crippen molar-refractivity contribution in [3.05, 3.63) is 12.0 Å². The second-order valence-electron chi connectivity index (χ2n) is 1.99. The number of rotatable bonds is 4. The number of carbonyl (C=O) groups is 1. The Kier molecular flexibility index (Phi) is 2.65. The van der Waals surface area contributed by atoms with Gasteiger partial charge in [-0.15, -0.1) is 0 Å². The molecule has 0 saturated carbocycles. The van der Waals surface area contributed by atoms with E-state index >= 15 is 0 Å². The molecular weight excluding hydrogens is 164 g/mol. The highest BCUT2D eigenvalue weighted by molar-refractivity contribution is 5.85. The summed E-state index contributed by atoms with van der Waals surface area (Å²) < 4.78 is 4.71. The quantitative estimate of drug-likeness (QED) is 0.581. The van der Waals surface area contributed by atoms with E-state index in [2.05, 4.69) is 10.3 Å². The molecule has 1 aromatic heterocycles. The summed E-state index contributed by atoms with van der Waals surface area (Å²) >= 11 is 0. The lowest BCUT2D eigenvalue weighted by molar-refractivity contribution is 0.0690. The van der Waals surface area contributed by atoms with E-state index in [0.717, 1.165) is 6.26 Å². The monoisotopic (exact) mass is 172 g/mol. The molecule has 0 amide bonds. The van der Waals surface area contributed by atoms with Gasteiger partial charge in [0.1, 0.15) is 6.26 Å². The van der Waals surface area contributed by atoms with Gasteiger partial charge < -0.3 is 19.9 Å². The van der Waals surface area contributed by atoms with Crippen molar-refractivity contribution in [1.82, 2.24) is 4.98 Å². The van der Waals surface area contributed by atoms with Crippen LogP contribution >= 0.6 is 0 Å². The summed E-state index contributed by atoms with van der Waals surface area (Å²) in [5, 5.41) is 19.4. The second-order valence-corrected chi connectivity index (χ2v) is 1.99. The Morgan fingerprint density at radius 2 is 2.50 bits per heavy atom. The Morgan fingerprint density at radius 1 is 1.75 bits per heavy atom. The normalized spacial score (nSPS) is 9.75. The molecule has 66 valence electrons. The van der Waals surface area contributed by atoms with Gasteiger partial charge in [0.2, 0.25) is 0 Å². The number of aliphatic hydroxyl groups is 1. The van der Waals surface area contributed by atoms with Gasteiger partial charge in [0.05, 0.1) is 6.61 Å². The Morgan fingerprint density at radius 3 is 3.00 bits per heavy atom. The van der Waals surface area contributed by atoms with Crippen molar-refractivity contribution in [3.8, 4) is 0 Å². The molecule has 1 aromatic rings. The van der Waals surface area contributed by atoms with E-state index in [1.807, 2.05) is 0 Å². The highest BCUT2D eigenvalue weighted by atomic mass is 16.4. The minimum atomic E-state index is -1.14. The summed E-state index contributed by atoms with van der Waals surface area (Å²) in [6, 6.07) is 0.0986. The number of anilines is 1. The molecule has 0 aliphatic heterocycles. The number of carboxylic acids is 1. The van der Waals surface area contributed by atoms with Gasteiger partial charge in [-0.25, -0.2) is 4.79 Å². The zero-order valence-corrected chi connectivity index (χ0v) is 6.15. The van der Waals surface area contributed by atoms with Gasteiger partial charge in [-0.3, -0.25) is 0 Å². The van der Waals surface area contributed by atoms with Crippen LogP contribution in [0, 0.1) is 0 Å². The summed E-state index contributed by atoms with van der Waals surface area (Å²) in [4.78, 5) is 13.8. The number of aliphatic hydroxyl groups excluding tert-OH is 1. The molecule has 1 rings (SSSR count). The first-order valence-corrected chi connectivity index (χ1v) is 3.27. The molecule has 0 aliphatic rings. The fourth-order valence-electron chi connectivity index (χ4n) is 0.616. The molecule has 6 nitrogen and oxygen atoms in total. The van der Waals surface area contributed by atoms with Crippen molar-refractivity contribution in [2.75, 3.05) is 18.5 Å². The summed E-state index contributed by atoms with van der Waals surface area (Å²) in [6.07, 6.45) is 1.03. The highest BCUT2D eigenvalue weighted by Crippen LogP contribution is 2.06. The van der Waals surface area contributed by atoms with E-state index in [1.165, 1.54) is 0 Å². The highest BCUT2D eigenvalue weighted by Gasteiger charge is 2.08. The molecule has 0 fully saturated rings. The maximum atomic E-state index is 10.3. The van der Waals surface area contributed by atoms with Crippen molar-refractivity contribution < 1.29 is 19.4 Å². The third-order valence-corrected chi connectivity index (χ3v) is 1.11. The SMILES string of the molecule is O=C(O)c1coc(NCCO)n1. The van der Waals surface area contributed by atoms with Crippen LogP contribution in [0.1, 0.15) is 10.5 Å². The topological polar surface area (TPSA) is 95.6 Å². The van der Waals surface area contributed by atoms with Crippen LogP contribution in [0.15, 0.2) is 10.7 Å². The van der Waals surface area contributed by atoms with E-state index < -0.39 is 5.97 Å². The van der Waals surface area contributed by atoms with E-state index in [4.69, 9.17) is 14.6 Å². The van der Waals surface area contributed by atoms with Crippen LogP contribution in [-0.2, 0) is 0 Å². The van der Waals surface area contributed by atoms with Crippen molar-refractivity contribution in [1.29, 1.82) is 0 Å². The molecule has 6 heteroatoms. The second kappa shape index (κ2) is 3.72. The lowest BCUT2D eigenvalue weighted by Crippen LogP contribution is -2.06. The van der Waals surface area contributed by atoms with E-state index in [0.29, 0.717) is 0 Å². The molecule has 3 N–H and O–H groups in total. The molecule has 1 heterocycles. The van der Waals surface area contributed by atoms with Crippen molar-refractivity contribution in [2.24, 2.45) is 0 Å². The first-order valence-electron chi connectivity index (χ1n) is 3.27. The van der Waals surface area contributed by atoms with Crippen LogP contribution in [0.3, 0.4) is 0 Å². The zero-order valence-electron chi connectivity index (χ0n) is 6.15. The predicted octanol–water partition coefficient (Wildman–Crippen LogP) is -0.223. The minimum Gasteiger partial charge on any atom is -0.476 e. The molecule has 0 saturated heterocycles. The number of hydrogen-bond donors (Lipinski definition) is 3. The Labute approximate surface area is 67.8 Å². The maximum absolute atomic E-state index is 10.3. The average molecular weight is 172 g/mol. The molecule has 0 spiro atoms. The van der Waals surface area contributed by atoms with Crippen LogP contribution in [-0.4, -0.2) is 34.3 Å². The number of oxazole rings is 1. The fourth-order valence-corrected chi connectivity index (χ4v) is 0.616. The number of nitrogens with zero attached hydrogens (tertiary/aromatic N) is 1. The summed E-state index contributed by atoms with van der Waals surface area (Å²) in [7, 11) is 0. The predicted molar refractivity (Wildman–Crippen MR) is 39.0 cm³/mol. The summed E-state index contributed by atoms with van der Waals surface area (Å²) in [6.45, 7) is 0.213. The molecule has 0 unspecified atom stereocenters. The number of hydrogen-bond acceptors (Lipinski definition) is 5. The Bertz CT molecular complexity index is 270. The maximum Gasteiger partial charge on any atom is 0.357 e. The summed E-state index contributed by atoms with van der Waals surface area (Å²) in [5.74, 6) is -1.14. The average Bonchev–Trinajstić information content (AvgIpc) is 2.48. The molecule has 0 bridgehead atoms. The van der Waals surface area contributed by atoms with Crippen LogP contribution in [0.25, 0.3) is 0 Å². The Balaban J connectivity index is 2.58. The standard InChI is InChI=1S/C6H8N2O4/c9-2-1-7-6-8-4(3-12-6)5(10)11/h3,9H,1-2H2,(H,7,8)(H,10,11). The van der Waals surface area contributed by atoms with Gasteiger partial charge in [-0.1, -0.05) is 0 Å². The fraction of sp³-hybridized carbons (Fsp3) is 0.333. The van der Waals surface area contributed by atoms with Gasteiger partial charge in [0.25, 0.3) is 6.01 Å².